The predicted octanol–water partition coefficient (Wildman–Crippen LogP) is 3.89. The number of alkyl halides is 1. The smallest absolute Gasteiger partial charge is 0.408 e. The highest BCUT2D eigenvalue weighted by atomic mass is 79.9. The average Bonchev–Trinajstić information content (AvgIpc) is 2.93. The molecule has 0 saturated heterocycles. The van der Waals surface area contributed by atoms with Crippen LogP contribution >= 0.6 is 15.9 Å². The van der Waals surface area contributed by atoms with Gasteiger partial charge in [-0.25, -0.2) is 4.79 Å². The van der Waals surface area contributed by atoms with Crippen LogP contribution in [-0.2, 0) is 9.53 Å². The van der Waals surface area contributed by atoms with Crippen LogP contribution in [0.2, 0.25) is 0 Å². The number of halogens is 1. The summed E-state index contributed by atoms with van der Waals surface area (Å²) in [5.41, 5.74) is -0.563. The average molecular weight is 391 g/mol. The fourth-order valence-electron chi connectivity index (χ4n) is 2.71. The number of unbranched alkanes of at least 4 members (excludes halogenated alkanes) is 2. The molecule has 1 aliphatic carbocycles. The molecule has 0 aromatic rings. The Bertz CT molecular complexity index is 377. The van der Waals surface area contributed by atoms with Crippen LogP contribution in [-0.4, -0.2) is 35.0 Å². The third-order valence-corrected chi connectivity index (χ3v) is 4.40. The molecule has 0 spiro atoms. The minimum Gasteiger partial charge on any atom is -0.444 e. The zero-order valence-corrected chi connectivity index (χ0v) is 16.2. The summed E-state index contributed by atoms with van der Waals surface area (Å²) < 4.78 is 5.28. The van der Waals surface area contributed by atoms with E-state index >= 15 is 0 Å². The quantitative estimate of drug-likeness (QED) is 0.487. The molecule has 0 aromatic heterocycles. The van der Waals surface area contributed by atoms with Crippen molar-refractivity contribution in [3.63, 3.8) is 0 Å². The lowest BCUT2D eigenvalue weighted by molar-refractivity contribution is -0.124. The van der Waals surface area contributed by atoms with Crippen LogP contribution in [0.3, 0.4) is 0 Å². The minimum absolute atomic E-state index is 0.0819. The molecule has 6 heteroatoms. The Labute approximate surface area is 148 Å². The van der Waals surface area contributed by atoms with Crippen molar-refractivity contribution in [3.8, 4) is 0 Å². The summed E-state index contributed by atoms with van der Waals surface area (Å²) in [6.45, 7) is 5.45. The van der Waals surface area contributed by atoms with Crippen LogP contribution in [0.4, 0.5) is 4.79 Å². The van der Waals surface area contributed by atoms with Gasteiger partial charge in [0.15, 0.2) is 0 Å². The van der Waals surface area contributed by atoms with Gasteiger partial charge in [-0.2, -0.15) is 0 Å². The van der Waals surface area contributed by atoms with Crippen molar-refractivity contribution < 1.29 is 14.3 Å². The van der Waals surface area contributed by atoms with Gasteiger partial charge in [0.1, 0.15) is 11.6 Å². The number of ether oxygens (including phenoxy) is 1. The van der Waals surface area contributed by atoms with E-state index in [1.807, 2.05) is 20.8 Å². The van der Waals surface area contributed by atoms with Crippen molar-refractivity contribution in [1.29, 1.82) is 0 Å². The summed E-state index contributed by atoms with van der Waals surface area (Å²) in [6, 6.07) is -0.256. The maximum atomic E-state index is 12.5. The SMILES string of the molecule is CC(C)(C)OC(=O)N[C@@H](CCCCCBr)C(=O)NC1CCCC1. The first kappa shape index (κ1) is 20.3. The van der Waals surface area contributed by atoms with Crippen molar-refractivity contribution in [2.75, 3.05) is 5.33 Å². The molecule has 0 unspecified atom stereocenters. The van der Waals surface area contributed by atoms with E-state index in [0.717, 1.165) is 37.4 Å². The van der Waals surface area contributed by atoms with Gasteiger partial charge in [-0.1, -0.05) is 41.6 Å². The summed E-state index contributed by atoms with van der Waals surface area (Å²) in [5.74, 6) is -0.0819. The normalized spacial score (nSPS) is 16.9. The Kier molecular flexibility index (Phi) is 8.95. The topological polar surface area (TPSA) is 67.4 Å². The number of rotatable bonds is 8. The van der Waals surface area contributed by atoms with Gasteiger partial charge >= 0.3 is 6.09 Å². The summed E-state index contributed by atoms with van der Waals surface area (Å²) in [7, 11) is 0. The highest BCUT2D eigenvalue weighted by molar-refractivity contribution is 9.09. The van der Waals surface area contributed by atoms with Gasteiger partial charge in [0, 0.05) is 11.4 Å². The van der Waals surface area contributed by atoms with Crippen LogP contribution < -0.4 is 10.6 Å². The van der Waals surface area contributed by atoms with E-state index in [4.69, 9.17) is 4.74 Å². The molecule has 2 amide bonds. The summed E-state index contributed by atoms with van der Waals surface area (Å²) >= 11 is 3.41. The summed E-state index contributed by atoms with van der Waals surface area (Å²) in [6.07, 6.45) is 7.54. The van der Waals surface area contributed by atoms with Crippen molar-refractivity contribution >= 4 is 27.9 Å². The Morgan fingerprint density at radius 3 is 2.39 bits per heavy atom. The monoisotopic (exact) mass is 390 g/mol. The van der Waals surface area contributed by atoms with Gasteiger partial charge in [-0.05, 0) is 46.5 Å². The van der Waals surface area contributed by atoms with Gasteiger partial charge in [-0.15, -0.1) is 0 Å². The van der Waals surface area contributed by atoms with Gasteiger partial charge in [0.2, 0.25) is 5.91 Å². The number of alkyl carbamates (subject to hydrolysis) is 1. The molecule has 0 aromatic carbocycles. The standard InChI is InChI=1S/C17H31BrN2O3/c1-17(2,3)23-16(22)20-14(11-5-4-8-12-18)15(21)19-13-9-6-7-10-13/h13-14H,4-12H2,1-3H3,(H,19,21)(H,20,22)/t14-/m0/s1. The van der Waals surface area contributed by atoms with Crippen LogP contribution in [0.5, 0.6) is 0 Å². The predicted molar refractivity (Wildman–Crippen MR) is 95.8 cm³/mol. The molecule has 1 atom stereocenters. The Balaban J connectivity index is 2.52. The molecule has 0 heterocycles. The number of nitrogens with one attached hydrogen (secondary N) is 2. The van der Waals surface area contributed by atoms with E-state index in [9.17, 15) is 9.59 Å². The molecule has 2 N–H and O–H groups in total. The molecular weight excluding hydrogens is 360 g/mol. The molecule has 1 fully saturated rings. The molecule has 0 bridgehead atoms. The van der Waals surface area contributed by atoms with Crippen LogP contribution in [0.1, 0.15) is 72.1 Å². The highest BCUT2D eigenvalue weighted by Gasteiger charge is 2.26. The third-order valence-electron chi connectivity index (χ3n) is 3.84. The highest BCUT2D eigenvalue weighted by Crippen LogP contribution is 2.18. The lowest BCUT2D eigenvalue weighted by atomic mass is 10.1. The molecule has 1 saturated carbocycles. The lowest BCUT2D eigenvalue weighted by Crippen LogP contribution is -2.50. The van der Waals surface area contributed by atoms with Crippen LogP contribution in [0.15, 0.2) is 0 Å². The van der Waals surface area contributed by atoms with Gasteiger partial charge < -0.3 is 15.4 Å². The zero-order chi connectivity index (χ0) is 17.3. The molecule has 0 radical (unpaired) electrons. The first-order valence-electron chi connectivity index (χ1n) is 8.67. The number of hydrogen-bond donors (Lipinski definition) is 2. The van der Waals surface area contributed by atoms with Crippen molar-refractivity contribution in [1.82, 2.24) is 10.6 Å². The number of carbonyl (C=O) groups is 2. The van der Waals surface area contributed by atoms with E-state index in [1.54, 1.807) is 0 Å². The van der Waals surface area contributed by atoms with E-state index < -0.39 is 17.7 Å². The second kappa shape index (κ2) is 10.2. The Hall–Kier alpha value is -0.780. The third kappa shape index (κ3) is 9.18. The number of amides is 2. The van der Waals surface area contributed by atoms with Gasteiger partial charge in [-0.3, -0.25) is 4.79 Å². The van der Waals surface area contributed by atoms with E-state index in [-0.39, 0.29) is 11.9 Å². The number of carbonyl (C=O) groups excluding carboxylic acids is 2. The largest absolute Gasteiger partial charge is 0.444 e. The number of hydrogen-bond acceptors (Lipinski definition) is 3. The fraction of sp³-hybridized carbons (Fsp3) is 0.882. The second-order valence-corrected chi connectivity index (χ2v) is 8.02. The Morgan fingerprint density at radius 1 is 1.17 bits per heavy atom. The maximum absolute atomic E-state index is 12.5. The molecule has 23 heavy (non-hydrogen) atoms. The van der Waals surface area contributed by atoms with Gasteiger partial charge in [0.05, 0.1) is 0 Å². The summed E-state index contributed by atoms with van der Waals surface area (Å²) in [4.78, 5) is 24.5. The van der Waals surface area contributed by atoms with Crippen LogP contribution in [0.25, 0.3) is 0 Å². The van der Waals surface area contributed by atoms with Crippen LogP contribution in [0, 0.1) is 0 Å². The van der Waals surface area contributed by atoms with Crippen molar-refractivity contribution in [2.24, 2.45) is 0 Å². The maximum Gasteiger partial charge on any atom is 0.408 e. The minimum atomic E-state index is -0.563. The molecule has 1 aliphatic rings. The Morgan fingerprint density at radius 2 is 1.83 bits per heavy atom. The molecule has 134 valence electrons. The lowest BCUT2D eigenvalue weighted by Gasteiger charge is -2.24. The fourth-order valence-corrected chi connectivity index (χ4v) is 3.11. The van der Waals surface area contributed by atoms with Crippen molar-refractivity contribution in [2.45, 2.75) is 89.8 Å². The zero-order valence-electron chi connectivity index (χ0n) is 14.6. The first-order valence-corrected chi connectivity index (χ1v) is 9.80. The molecule has 5 nitrogen and oxygen atoms in total. The molecular formula is C17H31BrN2O3. The van der Waals surface area contributed by atoms with E-state index in [1.165, 1.54) is 12.8 Å². The van der Waals surface area contributed by atoms with E-state index in [0.29, 0.717) is 6.42 Å². The van der Waals surface area contributed by atoms with Gasteiger partial charge in [0.25, 0.3) is 0 Å². The second-order valence-electron chi connectivity index (χ2n) is 7.23. The summed E-state index contributed by atoms with van der Waals surface area (Å²) in [5, 5.41) is 6.77. The van der Waals surface area contributed by atoms with Crippen molar-refractivity contribution in [3.05, 3.63) is 0 Å². The van der Waals surface area contributed by atoms with E-state index in [2.05, 4.69) is 26.6 Å². The molecule has 1 rings (SSSR count). The molecule has 0 aliphatic heterocycles. The first-order chi connectivity index (χ1) is 10.8.